The molecule has 20 heavy (non-hydrogen) atoms. The number of anilines is 1. The van der Waals surface area contributed by atoms with Crippen LogP contribution in [0.4, 0.5) is 5.69 Å². The maximum atomic E-state index is 11.7. The van der Waals surface area contributed by atoms with Crippen LogP contribution in [0.15, 0.2) is 30.3 Å². The number of hydrogen-bond donors (Lipinski definition) is 0. The van der Waals surface area contributed by atoms with Gasteiger partial charge in [0.05, 0.1) is 12.1 Å². The molecule has 0 atom stereocenters. The van der Waals surface area contributed by atoms with Gasteiger partial charge in [0.1, 0.15) is 6.54 Å². The summed E-state index contributed by atoms with van der Waals surface area (Å²) in [6.07, 6.45) is 0. The monoisotopic (exact) mass is 272 g/mol. The van der Waals surface area contributed by atoms with E-state index in [9.17, 15) is 4.79 Å². The average molecular weight is 272 g/mol. The molecule has 0 saturated carbocycles. The first-order valence-electron chi connectivity index (χ1n) is 6.92. The van der Waals surface area contributed by atoms with Crippen molar-refractivity contribution in [1.29, 1.82) is 0 Å². The molecule has 0 aliphatic heterocycles. The third kappa shape index (κ3) is 3.07. The van der Waals surface area contributed by atoms with Gasteiger partial charge in [-0.05, 0) is 32.9 Å². The summed E-state index contributed by atoms with van der Waals surface area (Å²) in [5.41, 5.74) is 2.93. The molecule has 1 heterocycles. The second-order valence-corrected chi connectivity index (χ2v) is 4.62. The summed E-state index contributed by atoms with van der Waals surface area (Å²) in [5, 5.41) is 1.06. The zero-order chi connectivity index (χ0) is 14.5. The van der Waals surface area contributed by atoms with E-state index >= 15 is 0 Å². The van der Waals surface area contributed by atoms with Gasteiger partial charge < -0.3 is 9.64 Å². The van der Waals surface area contributed by atoms with Crippen LogP contribution in [0, 0.1) is 6.92 Å². The predicted octanol–water partition coefficient (Wildman–Crippen LogP) is 2.93. The van der Waals surface area contributed by atoms with Gasteiger partial charge in [0.15, 0.2) is 0 Å². The number of rotatable bonds is 5. The fourth-order valence-electron chi connectivity index (χ4n) is 2.28. The third-order valence-corrected chi connectivity index (χ3v) is 3.17. The fraction of sp³-hybridized carbons (Fsp3) is 0.375. The molecule has 1 aromatic heterocycles. The Balaban J connectivity index is 2.40. The van der Waals surface area contributed by atoms with Gasteiger partial charge in [0.2, 0.25) is 0 Å². The number of benzene rings is 1. The largest absolute Gasteiger partial charge is 0.465 e. The number of carbonyl (C=O) groups excluding carboxylic acids is 1. The van der Waals surface area contributed by atoms with Gasteiger partial charge in [-0.1, -0.05) is 18.2 Å². The molecule has 1 aromatic carbocycles. The SMILES string of the molecule is CCOC(=O)CN(CC)c1cc(C)nc2ccccc12. The summed E-state index contributed by atoms with van der Waals surface area (Å²) in [4.78, 5) is 18.3. The Hall–Kier alpha value is -2.10. The van der Waals surface area contributed by atoms with Crippen LogP contribution in [0.2, 0.25) is 0 Å². The molecule has 0 radical (unpaired) electrons. The van der Waals surface area contributed by atoms with Crippen LogP contribution in [-0.4, -0.2) is 30.6 Å². The lowest BCUT2D eigenvalue weighted by atomic mass is 10.1. The second-order valence-electron chi connectivity index (χ2n) is 4.62. The molecule has 0 bridgehead atoms. The van der Waals surface area contributed by atoms with Crippen molar-refractivity contribution in [3.63, 3.8) is 0 Å². The number of fused-ring (bicyclic) bond motifs is 1. The molecule has 0 saturated heterocycles. The highest BCUT2D eigenvalue weighted by molar-refractivity contribution is 5.93. The molecule has 0 amide bonds. The van der Waals surface area contributed by atoms with Crippen molar-refractivity contribution in [3.8, 4) is 0 Å². The molecule has 0 aliphatic rings. The minimum absolute atomic E-state index is 0.201. The zero-order valence-corrected chi connectivity index (χ0v) is 12.2. The number of hydrogen-bond acceptors (Lipinski definition) is 4. The van der Waals surface area contributed by atoms with Gasteiger partial charge in [-0.3, -0.25) is 9.78 Å². The Morgan fingerprint density at radius 1 is 1.30 bits per heavy atom. The van der Waals surface area contributed by atoms with Crippen molar-refractivity contribution < 1.29 is 9.53 Å². The molecule has 0 spiro atoms. The molecule has 0 N–H and O–H groups in total. The molecule has 106 valence electrons. The first kappa shape index (κ1) is 14.3. The maximum Gasteiger partial charge on any atom is 0.325 e. The van der Waals surface area contributed by atoms with E-state index in [1.807, 2.05) is 56.0 Å². The first-order chi connectivity index (χ1) is 9.65. The molecule has 4 nitrogen and oxygen atoms in total. The molecule has 0 unspecified atom stereocenters. The van der Waals surface area contributed by atoms with Crippen LogP contribution >= 0.6 is 0 Å². The Kier molecular flexibility index (Phi) is 4.56. The van der Waals surface area contributed by atoms with Crippen molar-refractivity contribution in [3.05, 3.63) is 36.0 Å². The lowest BCUT2D eigenvalue weighted by Gasteiger charge is -2.23. The fourth-order valence-corrected chi connectivity index (χ4v) is 2.28. The van der Waals surface area contributed by atoms with Crippen LogP contribution in [0.1, 0.15) is 19.5 Å². The van der Waals surface area contributed by atoms with Gasteiger partial charge in [0, 0.05) is 23.3 Å². The number of pyridine rings is 1. The summed E-state index contributed by atoms with van der Waals surface area (Å²) < 4.78 is 5.04. The van der Waals surface area contributed by atoms with Crippen LogP contribution in [0.5, 0.6) is 0 Å². The number of para-hydroxylation sites is 1. The van der Waals surface area contributed by atoms with E-state index < -0.39 is 0 Å². The molecular weight excluding hydrogens is 252 g/mol. The lowest BCUT2D eigenvalue weighted by molar-refractivity contribution is -0.141. The highest BCUT2D eigenvalue weighted by atomic mass is 16.5. The number of carbonyl (C=O) groups is 1. The van der Waals surface area contributed by atoms with Crippen molar-refractivity contribution in [2.75, 3.05) is 24.6 Å². The van der Waals surface area contributed by atoms with Gasteiger partial charge in [-0.25, -0.2) is 0 Å². The number of ether oxygens (including phenoxy) is 1. The number of nitrogens with zero attached hydrogens (tertiary/aromatic N) is 2. The predicted molar refractivity (Wildman–Crippen MR) is 81.0 cm³/mol. The average Bonchev–Trinajstić information content (AvgIpc) is 2.44. The molecule has 0 fully saturated rings. The number of aryl methyl sites for hydroxylation is 1. The van der Waals surface area contributed by atoms with Crippen LogP contribution in [0.25, 0.3) is 10.9 Å². The summed E-state index contributed by atoms with van der Waals surface area (Å²) in [7, 11) is 0. The Morgan fingerprint density at radius 3 is 2.75 bits per heavy atom. The Bertz CT molecular complexity index is 610. The summed E-state index contributed by atoms with van der Waals surface area (Å²) >= 11 is 0. The Morgan fingerprint density at radius 2 is 2.05 bits per heavy atom. The second kappa shape index (κ2) is 6.37. The molecular formula is C16H20N2O2. The van der Waals surface area contributed by atoms with E-state index in [0.29, 0.717) is 6.61 Å². The Labute approximate surface area is 119 Å². The van der Waals surface area contributed by atoms with Gasteiger partial charge in [0.25, 0.3) is 0 Å². The van der Waals surface area contributed by atoms with E-state index in [4.69, 9.17) is 4.74 Å². The first-order valence-corrected chi connectivity index (χ1v) is 6.92. The van der Waals surface area contributed by atoms with E-state index in [1.165, 1.54) is 0 Å². The number of esters is 1. The maximum absolute atomic E-state index is 11.7. The van der Waals surface area contributed by atoms with E-state index in [1.54, 1.807) is 0 Å². The highest BCUT2D eigenvalue weighted by Gasteiger charge is 2.14. The minimum atomic E-state index is -0.201. The standard InChI is InChI=1S/C16H20N2O2/c1-4-18(11-16(19)20-5-2)15-10-12(3)17-14-9-7-6-8-13(14)15/h6-10H,4-5,11H2,1-3H3. The number of likely N-dealkylation sites (N-methyl/N-ethyl adjacent to an activating group) is 1. The van der Waals surface area contributed by atoms with Gasteiger partial charge in [-0.2, -0.15) is 0 Å². The zero-order valence-electron chi connectivity index (χ0n) is 12.2. The van der Waals surface area contributed by atoms with Crippen molar-refractivity contribution >= 4 is 22.6 Å². The normalized spacial score (nSPS) is 10.6. The summed E-state index contributed by atoms with van der Waals surface area (Å²) in [6, 6.07) is 10.0. The molecule has 0 aliphatic carbocycles. The van der Waals surface area contributed by atoms with Crippen LogP contribution in [0.3, 0.4) is 0 Å². The van der Waals surface area contributed by atoms with Crippen molar-refractivity contribution in [2.45, 2.75) is 20.8 Å². The minimum Gasteiger partial charge on any atom is -0.465 e. The quantitative estimate of drug-likeness (QED) is 0.785. The van der Waals surface area contributed by atoms with Gasteiger partial charge in [-0.15, -0.1) is 0 Å². The van der Waals surface area contributed by atoms with E-state index in [2.05, 4.69) is 4.98 Å². The van der Waals surface area contributed by atoms with Crippen molar-refractivity contribution in [1.82, 2.24) is 4.98 Å². The molecule has 4 heteroatoms. The van der Waals surface area contributed by atoms with E-state index in [0.717, 1.165) is 28.8 Å². The van der Waals surface area contributed by atoms with Crippen LogP contribution in [-0.2, 0) is 9.53 Å². The smallest absolute Gasteiger partial charge is 0.325 e. The number of aromatic nitrogens is 1. The topological polar surface area (TPSA) is 42.4 Å². The summed E-state index contributed by atoms with van der Waals surface area (Å²) in [5.74, 6) is -0.201. The summed E-state index contributed by atoms with van der Waals surface area (Å²) in [6.45, 7) is 7.23. The van der Waals surface area contributed by atoms with Crippen molar-refractivity contribution in [2.24, 2.45) is 0 Å². The van der Waals surface area contributed by atoms with E-state index in [-0.39, 0.29) is 12.5 Å². The third-order valence-electron chi connectivity index (χ3n) is 3.17. The molecule has 2 rings (SSSR count). The van der Waals surface area contributed by atoms with Crippen LogP contribution < -0.4 is 4.90 Å². The highest BCUT2D eigenvalue weighted by Crippen LogP contribution is 2.26. The lowest BCUT2D eigenvalue weighted by Crippen LogP contribution is -2.31. The van der Waals surface area contributed by atoms with Gasteiger partial charge >= 0.3 is 5.97 Å². The molecule has 2 aromatic rings.